The van der Waals surface area contributed by atoms with Gasteiger partial charge in [0.05, 0.1) is 21.8 Å². The fraction of sp³-hybridized carbons (Fsp3) is 0.0455. The Morgan fingerprint density at radius 1 is 0.970 bits per heavy atom. The zero-order valence-corrected chi connectivity index (χ0v) is 18.1. The molecule has 3 N–H and O–H groups in total. The van der Waals surface area contributed by atoms with Crippen LogP contribution in [0.1, 0.15) is 15.9 Å². The van der Waals surface area contributed by atoms with E-state index in [0.29, 0.717) is 5.69 Å². The second kappa shape index (κ2) is 9.40. The molecular weight excluding hydrogens is 448 g/mol. The summed E-state index contributed by atoms with van der Waals surface area (Å²) in [5.41, 5.74) is 4.19. The molecule has 0 aliphatic rings. The lowest BCUT2D eigenvalue weighted by molar-refractivity contribution is 0.0694. The van der Waals surface area contributed by atoms with Crippen LogP contribution in [-0.2, 0) is 9.84 Å². The molecule has 10 nitrogen and oxygen atoms in total. The van der Waals surface area contributed by atoms with Crippen molar-refractivity contribution < 1.29 is 18.3 Å². The summed E-state index contributed by atoms with van der Waals surface area (Å²) in [5.74, 6) is -1.50. The fourth-order valence-electron chi connectivity index (χ4n) is 2.70. The minimum absolute atomic E-state index is 0.0680. The van der Waals surface area contributed by atoms with Crippen LogP contribution in [0.5, 0.6) is 0 Å². The molecule has 0 fully saturated rings. The molecule has 0 aromatic heterocycles. The van der Waals surface area contributed by atoms with Crippen molar-refractivity contribution in [3.63, 3.8) is 0 Å². The van der Waals surface area contributed by atoms with E-state index in [1.165, 1.54) is 24.3 Å². The minimum Gasteiger partial charge on any atom is -0.478 e. The molecule has 3 aromatic rings. The number of nitrogens with one attached hydrogen (secondary N) is 2. The average molecular weight is 466 g/mol. The molecule has 168 valence electrons. The maximum Gasteiger partial charge on any atom is 0.338 e. The molecule has 0 aliphatic carbocycles. The first kappa shape index (κ1) is 23.3. The third-order valence-electron chi connectivity index (χ3n) is 4.45. The zero-order valence-electron chi connectivity index (χ0n) is 17.3. The van der Waals surface area contributed by atoms with Crippen molar-refractivity contribution in [2.24, 2.45) is 10.2 Å². The Morgan fingerprint density at radius 3 is 2.24 bits per heavy atom. The van der Waals surface area contributed by atoms with Crippen LogP contribution in [0.2, 0.25) is 0 Å². The SMILES string of the molecule is C=CS(=O)(=O)c1cccc(NN=c2c(=O)cc(C(=O)O)c(=NNc3ccc(C)cc3)c2=O)c1. The van der Waals surface area contributed by atoms with E-state index in [4.69, 9.17) is 0 Å². The van der Waals surface area contributed by atoms with E-state index in [9.17, 15) is 27.9 Å². The number of anilines is 2. The lowest BCUT2D eigenvalue weighted by Crippen LogP contribution is -2.50. The number of nitrogens with zero attached hydrogens (tertiary/aromatic N) is 2. The van der Waals surface area contributed by atoms with Crippen LogP contribution in [0, 0.1) is 6.92 Å². The summed E-state index contributed by atoms with van der Waals surface area (Å²) in [5, 5.41) is 16.7. The quantitative estimate of drug-likeness (QED) is 0.437. The first-order valence-electron chi connectivity index (χ1n) is 9.38. The molecule has 0 amide bonds. The molecule has 11 heteroatoms. The van der Waals surface area contributed by atoms with Crippen LogP contribution < -0.4 is 32.4 Å². The minimum atomic E-state index is -3.71. The Kier molecular flexibility index (Phi) is 6.64. The number of aromatic carboxylic acids is 1. The molecule has 0 radical (unpaired) electrons. The van der Waals surface area contributed by atoms with Gasteiger partial charge >= 0.3 is 5.97 Å². The summed E-state index contributed by atoms with van der Waals surface area (Å²) < 4.78 is 23.9. The average Bonchev–Trinajstić information content (AvgIpc) is 2.79. The van der Waals surface area contributed by atoms with Crippen LogP contribution >= 0.6 is 0 Å². The van der Waals surface area contributed by atoms with E-state index >= 15 is 0 Å². The Morgan fingerprint density at radius 2 is 1.61 bits per heavy atom. The highest BCUT2D eigenvalue weighted by molar-refractivity contribution is 7.94. The molecule has 3 aromatic carbocycles. The van der Waals surface area contributed by atoms with Crippen LogP contribution in [0.4, 0.5) is 11.4 Å². The van der Waals surface area contributed by atoms with Crippen molar-refractivity contribution >= 4 is 27.2 Å². The van der Waals surface area contributed by atoms with Crippen LogP contribution in [0.25, 0.3) is 0 Å². The molecule has 0 atom stereocenters. The van der Waals surface area contributed by atoms with Crippen molar-refractivity contribution in [2.75, 3.05) is 10.9 Å². The highest BCUT2D eigenvalue weighted by atomic mass is 32.2. The van der Waals surface area contributed by atoms with Gasteiger partial charge in [0.1, 0.15) is 5.36 Å². The Hall–Kier alpha value is -4.38. The number of aryl methyl sites for hydroxylation is 1. The molecule has 0 saturated heterocycles. The van der Waals surface area contributed by atoms with Gasteiger partial charge in [0.15, 0.2) is 15.2 Å². The van der Waals surface area contributed by atoms with Crippen molar-refractivity contribution in [2.45, 2.75) is 11.8 Å². The molecule has 0 aliphatic heterocycles. The zero-order chi connectivity index (χ0) is 24.2. The predicted molar refractivity (Wildman–Crippen MR) is 122 cm³/mol. The molecular formula is C22H18N4O6S. The van der Waals surface area contributed by atoms with Gasteiger partial charge in [0, 0.05) is 11.5 Å². The number of benzene rings is 3. The lowest BCUT2D eigenvalue weighted by atomic mass is 10.2. The van der Waals surface area contributed by atoms with Crippen molar-refractivity contribution in [1.29, 1.82) is 0 Å². The molecule has 3 rings (SSSR count). The van der Waals surface area contributed by atoms with Crippen molar-refractivity contribution in [3.8, 4) is 0 Å². The Balaban J connectivity index is 2.09. The van der Waals surface area contributed by atoms with E-state index in [-0.39, 0.29) is 10.6 Å². The number of carboxylic acid groups (broad SMARTS) is 1. The maximum atomic E-state index is 12.8. The first-order valence-corrected chi connectivity index (χ1v) is 10.9. The van der Waals surface area contributed by atoms with E-state index in [1.807, 2.05) is 6.92 Å². The topological polar surface area (TPSA) is 154 Å². The van der Waals surface area contributed by atoms with Gasteiger partial charge in [0.2, 0.25) is 10.9 Å². The third kappa shape index (κ3) is 5.28. The molecule has 33 heavy (non-hydrogen) atoms. The monoisotopic (exact) mass is 466 g/mol. The predicted octanol–water partition coefficient (Wildman–Crippen LogP) is 1.06. The second-order valence-electron chi connectivity index (χ2n) is 6.81. The lowest BCUT2D eigenvalue weighted by Gasteiger charge is -2.03. The number of carbonyl (C=O) groups is 1. The number of carboxylic acids is 1. The van der Waals surface area contributed by atoms with Crippen molar-refractivity contribution in [3.05, 3.63) is 109 Å². The number of hydrogen-bond donors (Lipinski definition) is 3. The van der Waals surface area contributed by atoms with Crippen LogP contribution in [-0.4, -0.2) is 19.5 Å². The third-order valence-corrected chi connectivity index (χ3v) is 5.80. The van der Waals surface area contributed by atoms with Gasteiger partial charge in [-0.05, 0) is 37.3 Å². The van der Waals surface area contributed by atoms with Gasteiger partial charge in [-0.15, -0.1) is 0 Å². The summed E-state index contributed by atoms with van der Waals surface area (Å²) >= 11 is 0. The summed E-state index contributed by atoms with van der Waals surface area (Å²) in [7, 11) is -3.71. The standard InChI is InChI=1S/C22H18N4O6S/c1-3-33(31,32)16-6-4-5-15(11-16)24-26-20-18(27)12-17(22(29)30)19(21(20)28)25-23-14-9-7-13(2)8-10-14/h3-12,23-24H,1H2,2H3,(H,29,30). The highest BCUT2D eigenvalue weighted by Gasteiger charge is 2.14. The van der Waals surface area contributed by atoms with Gasteiger partial charge in [-0.3, -0.25) is 20.4 Å². The largest absolute Gasteiger partial charge is 0.478 e. The van der Waals surface area contributed by atoms with Crippen molar-refractivity contribution in [1.82, 2.24) is 0 Å². The van der Waals surface area contributed by atoms with E-state index in [1.54, 1.807) is 24.3 Å². The highest BCUT2D eigenvalue weighted by Crippen LogP contribution is 2.17. The van der Waals surface area contributed by atoms with E-state index < -0.39 is 42.9 Å². The first-order chi connectivity index (χ1) is 15.6. The van der Waals surface area contributed by atoms with Crippen LogP contribution in [0.3, 0.4) is 0 Å². The molecule has 0 spiro atoms. The van der Waals surface area contributed by atoms with Gasteiger partial charge in [-0.2, -0.15) is 10.2 Å². The fourth-order valence-corrected chi connectivity index (χ4v) is 3.45. The van der Waals surface area contributed by atoms with Gasteiger partial charge in [0.25, 0.3) is 0 Å². The Bertz CT molecular complexity index is 1570. The number of sulfone groups is 1. The summed E-state index contributed by atoms with van der Waals surface area (Å²) in [6, 6.07) is 13.2. The van der Waals surface area contributed by atoms with E-state index in [2.05, 4.69) is 27.6 Å². The molecule has 0 bridgehead atoms. The van der Waals surface area contributed by atoms with Gasteiger partial charge < -0.3 is 5.11 Å². The van der Waals surface area contributed by atoms with Gasteiger partial charge in [-0.1, -0.05) is 30.3 Å². The summed E-state index contributed by atoms with van der Waals surface area (Å²) in [6.45, 7) is 5.14. The van der Waals surface area contributed by atoms with Gasteiger partial charge in [-0.25, -0.2) is 13.2 Å². The Labute approximate surface area is 187 Å². The molecule has 0 unspecified atom stereocenters. The second-order valence-corrected chi connectivity index (χ2v) is 8.70. The van der Waals surface area contributed by atoms with E-state index in [0.717, 1.165) is 17.0 Å². The summed E-state index contributed by atoms with van der Waals surface area (Å²) in [4.78, 5) is 36.7. The van der Waals surface area contributed by atoms with Crippen LogP contribution in [0.15, 0.2) is 91.3 Å². The summed E-state index contributed by atoms with van der Waals surface area (Å²) in [6.07, 6.45) is 0. The molecule has 0 saturated carbocycles. The molecule has 0 heterocycles. The number of hydrogen-bond acceptors (Lipinski definition) is 9. The normalized spacial score (nSPS) is 12.4. The number of rotatable bonds is 7. The maximum absolute atomic E-state index is 12.8. The smallest absolute Gasteiger partial charge is 0.338 e.